The van der Waals surface area contributed by atoms with Crippen LogP contribution in [-0.4, -0.2) is 28.1 Å². The molecule has 0 radical (unpaired) electrons. The largest absolute Gasteiger partial charge is 0.443 e. The minimum atomic E-state index is -0.551. The van der Waals surface area contributed by atoms with E-state index in [0.29, 0.717) is 6.42 Å². The molecule has 23 heavy (non-hydrogen) atoms. The lowest BCUT2D eigenvalue weighted by Gasteiger charge is -2.19. The standard InChI is InChI=1S/C18H20N2O3/c1-5-12-10-15(19-23-12)14-11-20(17(21)22-18(2,3)4)16-9-7-6-8-13(14)16/h5-9,11-12H,1,10H2,2-4H3/t12-/m0/s1. The van der Waals surface area contributed by atoms with E-state index in [1.165, 1.54) is 4.57 Å². The molecule has 1 atom stereocenters. The summed E-state index contributed by atoms with van der Waals surface area (Å²) in [6, 6.07) is 7.69. The van der Waals surface area contributed by atoms with Crippen LogP contribution in [0.25, 0.3) is 10.9 Å². The van der Waals surface area contributed by atoms with Crippen molar-refractivity contribution in [2.75, 3.05) is 0 Å². The number of oxime groups is 1. The number of benzene rings is 1. The SMILES string of the molecule is C=C[C@H]1CC(c2cn(C(=O)OC(C)(C)C)c3ccccc23)=NO1. The van der Waals surface area contributed by atoms with Crippen molar-refractivity contribution in [1.82, 2.24) is 4.57 Å². The third kappa shape index (κ3) is 2.99. The van der Waals surface area contributed by atoms with Crippen LogP contribution >= 0.6 is 0 Å². The third-order valence-corrected chi connectivity index (χ3v) is 3.57. The Morgan fingerprint density at radius 1 is 1.43 bits per heavy atom. The van der Waals surface area contributed by atoms with E-state index >= 15 is 0 Å². The van der Waals surface area contributed by atoms with Gasteiger partial charge in [0.1, 0.15) is 5.60 Å². The molecule has 120 valence electrons. The highest BCUT2D eigenvalue weighted by Gasteiger charge is 2.25. The van der Waals surface area contributed by atoms with Crippen molar-refractivity contribution in [3.8, 4) is 0 Å². The van der Waals surface area contributed by atoms with E-state index in [-0.39, 0.29) is 6.10 Å². The number of carbonyl (C=O) groups excluding carboxylic acids is 1. The molecule has 1 aliphatic heterocycles. The first-order valence-electron chi connectivity index (χ1n) is 7.58. The van der Waals surface area contributed by atoms with Crippen LogP contribution in [0.1, 0.15) is 32.8 Å². The average molecular weight is 312 g/mol. The van der Waals surface area contributed by atoms with Gasteiger partial charge in [-0.05, 0) is 32.9 Å². The minimum Gasteiger partial charge on any atom is -0.443 e. The third-order valence-electron chi connectivity index (χ3n) is 3.57. The Kier molecular flexibility index (Phi) is 3.72. The molecule has 3 rings (SSSR count). The smallest absolute Gasteiger partial charge is 0.419 e. The molecule has 0 N–H and O–H groups in total. The molecule has 1 aromatic carbocycles. The lowest BCUT2D eigenvalue weighted by molar-refractivity contribution is 0.0544. The Morgan fingerprint density at radius 2 is 2.17 bits per heavy atom. The van der Waals surface area contributed by atoms with Crippen LogP contribution < -0.4 is 0 Å². The maximum absolute atomic E-state index is 12.5. The molecular formula is C18H20N2O3. The minimum absolute atomic E-state index is 0.117. The summed E-state index contributed by atoms with van der Waals surface area (Å²) >= 11 is 0. The summed E-state index contributed by atoms with van der Waals surface area (Å²) in [7, 11) is 0. The zero-order valence-electron chi connectivity index (χ0n) is 13.6. The molecule has 0 amide bonds. The highest BCUT2D eigenvalue weighted by molar-refractivity contribution is 6.12. The van der Waals surface area contributed by atoms with E-state index in [2.05, 4.69) is 11.7 Å². The van der Waals surface area contributed by atoms with Gasteiger partial charge in [-0.1, -0.05) is 29.9 Å². The van der Waals surface area contributed by atoms with E-state index in [1.807, 2.05) is 45.0 Å². The second kappa shape index (κ2) is 5.57. The van der Waals surface area contributed by atoms with Gasteiger partial charge in [-0.2, -0.15) is 0 Å². The summed E-state index contributed by atoms with van der Waals surface area (Å²) in [5.41, 5.74) is 1.94. The average Bonchev–Trinajstić information content (AvgIpc) is 3.09. The predicted molar refractivity (Wildman–Crippen MR) is 89.8 cm³/mol. The normalized spacial score (nSPS) is 17.7. The van der Waals surface area contributed by atoms with E-state index in [9.17, 15) is 4.79 Å². The van der Waals surface area contributed by atoms with E-state index in [0.717, 1.165) is 22.2 Å². The summed E-state index contributed by atoms with van der Waals surface area (Å²) in [5, 5.41) is 5.09. The Labute approximate surface area is 135 Å². The molecule has 0 fully saturated rings. The fourth-order valence-corrected chi connectivity index (χ4v) is 2.55. The zero-order chi connectivity index (χ0) is 16.6. The topological polar surface area (TPSA) is 52.8 Å². The van der Waals surface area contributed by atoms with Gasteiger partial charge in [-0.25, -0.2) is 4.79 Å². The lowest BCUT2D eigenvalue weighted by Crippen LogP contribution is -2.26. The fraction of sp³-hybridized carbons (Fsp3) is 0.333. The number of carbonyl (C=O) groups is 1. The molecule has 1 aromatic heterocycles. The molecule has 0 aliphatic carbocycles. The first-order valence-corrected chi connectivity index (χ1v) is 7.58. The van der Waals surface area contributed by atoms with Crippen molar-refractivity contribution in [3.05, 3.63) is 48.7 Å². The van der Waals surface area contributed by atoms with Gasteiger partial charge in [0.15, 0.2) is 6.10 Å². The maximum atomic E-state index is 12.5. The van der Waals surface area contributed by atoms with Gasteiger partial charge in [0.25, 0.3) is 0 Å². The maximum Gasteiger partial charge on any atom is 0.419 e. The van der Waals surface area contributed by atoms with Gasteiger partial charge >= 0.3 is 6.09 Å². The van der Waals surface area contributed by atoms with Crippen molar-refractivity contribution in [2.24, 2.45) is 5.16 Å². The van der Waals surface area contributed by atoms with Gasteiger partial charge < -0.3 is 9.57 Å². The highest BCUT2D eigenvalue weighted by atomic mass is 16.6. The van der Waals surface area contributed by atoms with Crippen molar-refractivity contribution in [1.29, 1.82) is 0 Å². The predicted octanol–water partition coefficient (Wildman–Crippen LogP) is 4.10. The van der Waals surface area contributed by atoms with Crippen LogP contribution in [-0.2, 0) is 9.57 Å². The lowest BCUT2D eigenvalue weighted by atomic mass is 10.0. The van der Waals surface area contributed by atoms with Crippen LogP contribution in [0.3, 0.4) is 0 Å². The summed E-state index contributed by atoms with van der Waals surface area (Å²) < 4.78 is 7.01. The summed E-state index contributed by atoms with van der Waals surface area (Å²) in [5.74, 6) is 0. The van der Waals surface area contributed by atoms with Crippen molar-refractivity contribution < 1.29 is 14.4 Å². The van der Waals surface area contributed by atoms with Crippen molar-refractivity contribution in [3.63, 3.8) is 0 Å². The molecule has 0 spiro atoms. The molecule has 0 bridgehead atoms. The number of nitrogens with zero attached hydrogens (tertiary/aromatic N) is 2. The molecular weight excluding hydrogens is 292 g/mol. The Hall–Kier alpha value is -2.56. The number of hydrogen-bond acceptors (Lipinski definition) is 4. The zero-order valence-corrected chi connectivity index (χ0v) is 13.6. The second-order valence-electron chi connectivity index (χ2n) is 6.53. The van der Waals surface area contributed by atoms with Gasteiger partial charge in [-0.15, -0.1) is 0 Å². The molecule has 2 heterocycles. The first-order chi connectivity index (χ1) is 10.9. The molecule has 0 saturated carbocycles. The van der Waals surface area contributed by atoms with E-state index in [4.69, 9.17) is 9.57 Å². The number of ether oxygens (including phenoxy) is 1. The summed E-state index contributed by atoms with van der Waals surface area (Å²) in [4.78, 5) is 17.8. The first kappa shape index (κ1) is 15.3. The van der Waals surface area contributed by atoms with E-state index < -0.39 is 11.7 Å². The van der Waals surface area contributed by atoms with Gasteiger partial charge in [-0.3, -0.25) is 4.57 Å². The van der Waals surface area contributed by atoms with Crippen LogP contribution in [0.4, 0.5) is 4.79 Å². The van der Waals surface area contributed by atoms with Crippen molar-refractivity contribution >= 4 is 22.7 Å². The van der Waals surface area contributed by atoms with Gasteiger partial charge in [0.05, 0.1) is 11.2 Å². The molecule has 5 nitrogen and oxygen atoms in total. The Bertz CT molecular complexity index is 796. The number of fused-ring (bicyclic) bond motifs is 1. The number of aromatic nitrogens is 1. The number of rotatable bonds is 2. The second-order valence-corrected chi connectivity index (χ2v) is 6.53. The van der Waals surface area contributed by atoms with Crippen LogP contribution in [0, 0.1) is 0 Å². The Balaban J connectivity index is 2.04. The number of hydrogen-bond donors (Lipinski definition) is 0. The number of para-hydroxylation sites is 1. The Morgan fingerprint density at radius 3 is 2.83 bits per heavy atom. The highest BCUT2D eigenvalue weighted by Crippen LogP contribution is 2.27. The van der Waals surface area contributed by atoms with Crippen molar-refractivity contribution in [2.45, 2.75) is 38.9 Å². The van der Waals surface area contributed by atoms with Gasteiger partial charge in [0.2, 0.25) is 0 Å². The van der Waals surface area contributed by atoms with Crippen LogP contribution in [0.15, 0.2) is 48.3 Å². The van der Waals surface area contributed by atoms with Crippen LogP contribution in [0.5, 0.6) is 0 Å². The van der Waals surface area contributed by atoms with E-state index in [1.54, 1.807) is 12.3 Å². The molecule has 0 saturated heterocycles. The quantitative estimate of drug-likeness (QED) is 0.784. The molecule has 1 aliphatic rings. The fourth-order valence-electron chi connectivity index (χ4n) is 2.55. The van der Waals surface area contributed by atoms with Gasteiger partial charge in [0, 0.05) is 23.6 Å². The molecule has 5 heteroatoms. The molecule has 2 aromatic rings. The van der Waals surface area contributed by atoms with Crippen LogP contribution in [0.2, 0.25) is 0 Å². The summed E-state index contributed by atoms with van der Waals surface area (Å²) in [6.07, 6.45) is 3.62. The monoisotopic (exact) mass is 312 g/mol. The summed E-state index contributed by atoms with van der Waals surface area (Å²) in [6.45, 7) is 9.27. The molecule has 0 unspecified atom stereocenters.